The van der Waals surface area contributed by atoms with E-state index in [0.29, 0.717) is 19.0 Å². The zero-order chi connectivity index (χ0) is 20.3. The largest absolute Gasteiger partial charge is 0.481 e. The second-order valence-corrected chi connectivity index (χ2v) is 8.22. The van der Waals surface area contributed by atoms with Crippen molar-refractivity contribution in [3.05, 3.63) is 35.9 Å². The fourth-order valence-corrected chi connectivity index (χ4v) is 3.95. The van der Waals surface area contributed by atoms with Crippen molar-refractivity contribution in [1.29, 1.82) is 0 Å². The Kier molecular flexibility index (Phi) is 6.21. The third-order valence-corrected chi connectivity index (χ3v) is 5.74. The summed E-state index contributed by atoms with van der Waals surface area (Å²) in [6.07, 6.45) is 2.09. The second-order valence-electron chi connectivity index (χ2n) is 8.22. The molecule has 7 heteroatoms. The lowest BCUT2D eigenvalue weighted by molar-refractivity contribution is -0.142. The lowest BCUT2D eigenvalue weighted by Crippen LogP contribution is -2.53. The van der Waals surface area contributed by atoms with Crippen molar-refractivity contribution in [3.8, 4) is 0 Å². The number of nitrogens with zero attached hydrogens (tertiary/aromatic N) is 1. The molecular formula is C21H29N3O4. The van der Waals surface area contributed by atoms with Gasteiger partial charge >= 0.3 is 12.0 Å². The third-order valence-electron chi connectivity index (χ3n) is 5.74. The number of carboxylic acid groups (broad SMARTS) is 1. The van der Waals surface area contributed by atoms with Gasteiger partial charge in [-0.1, -0.05) is 44.2 Å². The van der Waals surface area contributed by atoms with Gasteiger partial charge in [0.1, 0.15) is 6.04 Å². The van der Waals surface area contributed by atoms with Gasteiger partial charge in [-0.15, -0.1) is 0 Å². The van der Waals surface area contributed by atoms with E-state index in [1.54, 1.807) is 4.90 Å². The van der Waals surface area contributed by atoms with Gasteiger partial charge in [-0.25, -0.2) is 4.79 Å². The number of hydrogen-bond acceptors (Lipinski definition) is 3. The van der Waals surface area contributed by atoms with Crippen LogP contribution in [0.25, 0.3) is 0 Å². The van der Waals surface area contributed by atoms with Gasteiger partial charge in [0.05, 0.1) is 5.92 Å². The number of urea groups is 1. The number of nitrogens with one attached hydrogen (secondary N) is 2. The highest BCUT2D eigenvalue weighted by atomic mass is 16.4. The monoisotopic (exact) mass is 387 g/mol. The summed E-state index contributed by atoms with van der Waals surface area (Å²) in [7, 11) is 0. The molecule has 0 aromatic heterocycles. The first-order chi connectivity index (χ1) is 13.4. The van der Waals surface area contributed by atoms with Gasteiger partial charge in [0, 0.05) is 19.6 Å². The van der Waals surface area contributed by atoms with Crippen LogP contribution in [-0.4, -0.2) is 47.0 Å². The number of benzene rings is 1. The van der Waals surface area contributed by atoms with Crippen LogP contribution in [-0.2, 0) is 16.1 Å². The molecule has 3 amide bonds. The third kappa shape index (κ3) is 4.82. The van der Waals surface area contributed by atoms with Crippen LogP contribution in [0.2, 0.25) is 0 Å². The Bertz CT molecular complexity index is 718. The van der Waals surface area contributed by atoms with Gasteiger partial charge in [0.2, 0.25) is 5.91 Å². The summed E-state index contributed by atoms with van der Waals surface area (Å²) in [5.74, 6) is -1.18. The first-order valence-corrected chi connectivity index (χ1v) is 9.96. The van der Waals surface area contributed by atoms with Crippen molar-refractivity contribution in [1.82, 2.24) is 15.5 Å². The van der Waals surface area contributed by atoms with E-state index in [1.807, 2.05) is 44.2 Å². The molecule has 2 fully saturated rings. The second kappa shape index (κ2) is 8.63. The molecular weight excluding hydrogens is 358 g/mol. The summed E-state index contributed by atoms with van der Waals surface area (Å²) in [4.78, 5) is 38.6. The minimum atomic E-state index is -0.832. The molecule has 3 rings (SSSR count). The van der Waals surface area contributed by atoms with Crippen molar-refractivity contribution in [2.24, 2.45) is 23.7 Å². The first kappa shape index (κ1) is 20.2. The Morgan fingerprint density at radius 1 is 1.14 bits per heavy atom. The van der Waals surface area contributed by atoms with Crippen LogP contribution in [0.5, 0.6) is 0 Å². The lowest BCUT2D eigenvalue weighted by atomic mass is 9.92. The Hall–Kier alpha value is -2.57. The quantitative estimate of drug-likeness (QED) is 0.667. The molecule has 1 saturated heterocycles. The molecule has 1 aromatic carbocycles. The van der Waals surface area contributed by atoms with Gasteiger partial charge in [-0.2, -0.15) is 0 Å². The number of hydrogen-bond donors (Lipinski definition) is 3. The Morgan fingerprint density at radius 3 is 2.39 bits per heavy atom. The summed E-state index contributed by atoms with van der Waals surface area (Å²) in [6, 6.07) is 8.47. The normalized spacial score (nSPS) is 22.8. The van der Waals surface area contributed by atoms with Crippen LogP contribution in [0.1, 0.15) is 32.3 Å². The number of carboxylic acids is 1. The number of aliphatic carboxylic acids is 1. The van der Waals surface area contributed by atoms with E-state index < -0.39 is 24.0 Å². The van der Waals surface area contributed by atoms with Crippen LogP contribution < -0.4 is 10.6 Å². The molecule has 3 atom stereocenters. The molecule has 0 spiro atoms. The maximum absolute atomic E-state index is 13.0. The summed E-state index contributed by atoms with van der Waals surface area (Å²) < 4.78 is 0. The first-order valence-electron chi connectivity index (χ1n) is 9.96. The molecule has 7 nitrogen and oxygen atoms in total. The van der Waals surface area contributed by atoms with Crippen LogP contribution in [0, 0.1) is 23.7 Å². The van der Waals surface area contributed by atoms with Crippen molar-refractivity contribution >= 4 is 17.9 Å². The van der Waals surface area contributed by atoms with Crippen LogP contribution in [0.15, 0.2) is 30.3 Å². The van der Waals surface area contributed by atoms with E-state index in [0.717, 1.165) is 18.4 Å². The average molecular weight is 387 g/mol. The van der Waals surface area contributed by atoms with E-state index in [4.69, 9.17) is 0 Å². The lowest BCUT2D eigenvalue weighted by Gasteiger charge is -2.27. The molecule has 152 valence electrons. The van der Waals surface area contributed by atoms with Gasteiger partial charge in [-0.3, -0.25) is 9.59 Å². The highest BCUT2D eigenvalue weighted by Crippen LogP contribution is 2.44. The SMILES string of the molecule is CC(C)C(NC(=O)NCc1ccccc1)C(=O)N1C[C@H](C(=O)O)[C@@H](C2CC2)C1. The summed E-state index contributed by atoms with van der Waals surface area (Å²) in [5.41, 5.74) is 0.973. The molecule has 1 aliphatic carbocycles. The molecule has 0 radical (unpaired) electrons. The smallest absolute Gasteiger partial charge is 0.315 e. The highest BCUT2D eigenvalue weighted by Gasteiger charge is 2.47. The van der Waals surface area contributed by atoms with Crippen LogP contribution >= 0.6 is 0 Å². The van der Waals surface area contributed by atoms with E-state index in [9.17, 15) is 19.5 Å². The molecule has 1 saturated carbocycles. The predicted octanol–water partition coefficient (Wildman–Crippen LogP) is 2.08. The van der Waals surface area contributed by atoms with E-state index in [-0.39, 0.29) is 24.3 Å². The summed E-state index contributed by atoms with van der Waals surface area (Å²) >= 11 is 0. The summed E-state index contributed by atoms with van der Waals surface area (Å²) in [6.45, 7) is 4.83. The number of rotatable bonds is 7. The molecule has 1 aromatic rings. The van der Waals surface area contributed by atoms with Crippen molar-refractivity contribution in [2.45, 2.75) is 39.3 Å². The minimum Gasteiger partial charge on any atom is -0.481 e. The van der Waals surface area contributed by atoms with Crippen molar-refractivity contribution in [2.75, 3.05) is 13.1 Å². The fourth-order valence-electron chi connectivity index (χ4n) is 3.95. The predicted molar refractivity (Wildman–Crippen MR) is 104 cm³/mol. The average Bonchev–Trinajstić information content (AvgIpc) is 3.42. The number of carbonyl (C=O) groups excluding carboxylic acids is 2. The van der Waals surface area contributed by atoms with Crippen molar-refractivity contribution < 1.29 is 19.5 Å². The number of likely N-dealkylation sites (tertiary alicyclic amines) is 1. The summed E-state index contributed by atoms with van der Waals surface area (Å²) in [5, 5.41) is 15.1. The van der Waals surface area contributed by atoms with E-state index >= 15 is 0 Å². The Balaban J connectivity index is 1.59. The zero-order valence-electron chi connectivity index (χ0n) is 16.4. The topological polar surface area (TPSA) is 98.7 Å². The number of amides is 3. The van der Waals surface area contributed by atoms with Gasteiger partial charge in [0.25, 0.3) is 0 Å². The molecule has 28 heavy (non-hydrogen) atoms. The fraction of sp³-hybridized carbons (Fsp3) is 0.571. The Labute approximate surface area is 165 Å². The molecule has 0 bridgehead atoms. The van der Waals surface area contributed by atoms with Gasteiger partial charge in [0.15, 0.2) is 0 Å². The van der Waals surface area contributed by atoms with E-state index in [1.165, 1.54) is 0 Å². The zero-order valence-corrected chi connectivity index (χ0v) is 16.4. The van der Waals surface area contributed by atoms with Crippen LogP contribution in [0.3, 0.4) is 0 Å². The Morgan fingerprint density at radius 2 is 1.82 bits per heavy atom. The molecule has 1 heterocycles. The highest BCUT2D eigenvalue weighted by molar-refractivity contribution is 5.88. The van der Waals surface area contributed by atoms with Gasteiger partial charge in [-0.05, 0) is 36.2 Å². The van der Waals surface area contributed by atoms with Crippen LogP contribution in [0.4, 0.5) is 4.79 Å². The standard InChI is InChI=1S/C21H29N3O4/c1-13(2)18(23-21(28)22-10-14-6-4-3-5-7-14)19(25)24-11-16(15-8-9-15)17(12-24)20(26)27/h3-7,13,15-18H,8-12H2,1-2H3,(H,26,27)(H2,22,23,28)/t16-,17+,18?/m1/s1. The number of carbonyl (C=O) groups is 3. The molecule has 1 aliphatic heterocycles. The minimum absolute atomic E-state index is 0.0289. The maximum Gasteiger partial charge on any atom is 0.315 e. The van der Waals surface area contributed by atoms with E-state index in [2.05, 4.69) is 10.6 Å². The molecule has 2 aliphatic rings. The maximum atomic E-state index is 13.0. The van der Waals surface area contributed by atoms with Gasteiger partial charge < -0.3 is 20.6 Å². The van der Waals surface area contributed by atoms with Crippen molar-refractivity contribution in [3.63, 3.8) is 0 Å². The molecule has 3 N–H and O–H groups in total. The molecule has 1 unspecified atom stereocenters.